The molecular weight excluding hydrogens is 276 g/mol. The molecule has 0 fully saturated rings. The minimum Gasteiger partial charge on any atom is -0.379 e. The highest BCUT2D eigenvalue weighted by Crippen LogP contribution is 2.20. The van der Waals surface area contributed by atoms with Crippen molar-refractivity contribution in [1.29, 1.82) is 0 Å². The molecule has 1 aromatic carbocycles. The van der Waals surface area contributed by atoms with E-state index in [1.165, 1.54) is 0 Å². The van der Waals surface area contributed by atoms with Crippen LogP contribution in [-0.4, -0.2) is 30.7 Å². The molecule has 0 aliphatic heterocycles. The largest absolute Gasteiger partial charge is 0.379 e. The Labute approximate surface area is 136 Å². The van der Waals surface area contributed by atoms with Crippen molar-refractivity contribution < 1.29 is 14.3 Å². The number of rotatable bonds is 7. The van der Waals surface area contributed by atoms with Crippen molar-refractivity contribution in [3.8, 4) is 0 Å². The number of ketones is 1. The topological polar surface area (TPSA) is 35.5 Å². The van der Waals surface area contributed by atoms with Crippen LogP contribution in [0.4, 0.5) is 0 Å². The van der Waals surface area contributed by atoms with E-state index in [1.54, 1.807) is 7.11 Å². The molecular formula is C19H32O3. The zero-order valence-electron chi connectivity index (χ0n) is 15.4. The summed E-state index contributed by atoms with van der Waals surface area (Å²) in [6, 6.07) is 7.58. The Morgan fingerprint density at radius 3 is 2.00 bits per heavy atom. The lowest BCUT2D eigenvalue weighted by molar-refractivity contribution is -0.0455. The van der Waals surface area contributed by atoms with Crippen molar-refractivity contribution in [1.82, 2.24) is 0 Å². The van der Waals surface area contributed by atoms with E-state index in [-0.39, 0.29) is 11.4 Å². The van der Waals surface area contributed by atoms with Gasteiger partial charge in [-0.2, -0.15) is 0 Å². The van der Waals surface area contributed by atoms with E-state index in [9.17, 15) is 4.79 Å². The third-order valence-electron chi connectivity index (χ3n) is 3.58. The molecule has 0 radical (unpaired) electrons. The number of aryl methyl sites for hydroxylation is 1. The van der Waals surface area contributed by atoms with Gasteiger partial charge >= 0.3 is 0 Å². The molecule has 22 heavy (non-hydrogen) atoms. The maximum atomic E-state index is 12.4. The second-order valence-electron chi connectivity index (χ2n) is 6.27. The Balaban J connectivity index is 0.00000211. The average molecular weight is 308 g/mol. The number of ether oxygens (including phenoxy) is 2. The Morgan fingerprint density at radius 2 is 1.55 bits per heavy atom. The minimum absolute atomic E-state index is 0.00715. The molecule has 0 aliphatic rings. The number of benzene rings is 1. The fourth-order valence-corrected chi connectivity index (χ4v) is 1.77. The number of hydrogen-bond acceptors (Lipinski definition) is 3. The van der Waals surface area contributed by atoms with Gasteiger partial charge in [-0.05, 0) is 41.0 Å². The van der Waals surface area contributed by atoms with Crippen LogP contribution >= 0.6 is 0 Å². The quantitative estimate of drug-likeness (QED) is 0.678. The predicted molar refractivity (Wildman–Crippen MR) is 92.6 cm³/mol. The summed E-state index contributed by atoms with van der Waals surface area (Å²) in [6.45, 7) is 14.1. The fourth-order valence-electron chi connectivity index (χ4n) is 1.77. The molecule has 0 amide bonds. The number of carbonyl (C=O) groups is 1. The highest BCUT2D eigenvalue weighted by molar-refractivity contribution is 6.01. The van der Waals surface area contributed by atoms with E-state index in [2.05, 4.69) is 0 Å². The first-order chi connectivity index (χ1) is 10.2. The summed E-state index contributed by atoms with van der Waals surface area (Å²) < 4.78 is 11.1. The number of Topliss-reactive ketones (excluding diaryl/α,β-unsaturated/α-hetero) is 1. The molecule has 0 aromatic heterocycles. The first kappa shape index (κ1) is 20.8. The van der Waals surface area contributed by atoms with E-state index in [0.29, 0.717) is 12.2 Å². The highest BCUT2D eigenvalue weighted by Gasteiger charge is 2.30. The lowest BCUT2D eigenvalue weighted by Crippen LogP contribution is -2.37. The van der Waals surface area contributed by atoms with Gasteiger partial charge in [-0.15, -0.1) is 0 Å². The van der Waals surface area contributed by atoms with Crippen molar-refractivity contribution in [2.75, 3.05) is 13.7 Å². The van der Waals surface area contributed by atoms with Crippen molar-refractivity contribution in [3.05, 3.63) is 35.4 Å². The lowest BCUT2D eigenvalue weighted by atomic mass is 9.95. The summed E-state index contributed by atoms with van der Waals surface area (Å²) >= 11 is 0. The maximum absolute atomic E-state index is 12.4. The molecule has 3 heteroatoms. The van der Waals surface area contributed by atoms with Gasteiger partial charge in [0.15, 0.2) is 5.78 Å². The fraction of sp³-hybridized carbons (Fsp3) is 0.632. The molecule has 0 unspecified atom stereocenters. The van der Waals surface area contributed by atoms with Gasteiger partial charge < -0.3 is 9.47 Å². The van der Waals surface area contributed by atoms with Gasteiger partial charge in [0.05, 0.1) is 12.2 Å². The summed E-state index contributed by atoms with van der Waals surface area (Å²) in [7, 11) is 1.68. The molecule has 0 atom stereocenters. The van der Waals surface area contributed by atoms with Crippen molar-refractivity contribution in [2.24, 2.45) is 0 Å². The zero-order valence-corrected chi connectivity index (χ0v) is 15.4. The third-order valence-corrected chi connectivity index (χ3v) is 3.58. The van der Waals surface area contributed by atoms with Gasteiger partial charge in [0.1, 0.15) is 5.60 Å². The molecule has 0 bridgehead atoms. The van der Waals surface area contributed by atoms with Gasteiger partial charge in [0.25, 0.3) is 0 Å². The number of carbonyl (C=O) groups excluding carboxylic acids is 1. The Bertz CT molecular complexity index is 444. The van der Waals surface area contributed by atoms with E-state index < -0.39 is 5.60 Å². The summed E-state index contributed by atoms with van der Waals surface area (Å²) in [5, 5.41) is 0. The van der Waals surface area contributed by atoms with E-state index in [1.807, 2.05) is 72.7 Å². The van der Waals surface area contributed by atoms with Crippen LogP contribution in [0.15, 0.2) is 24.3 Å². The van der Waals surface area contributed by atoms with Crippen LogP contribution in [-0.2, 0) is 9.47 Å². The van der Waals surface area contributed by atoms with Gasteiger partial charge in [-0.25, -0.2) is 0 Å². The van der Waals surface area contributed by atoms with Crippen LogP contribution in [0.5, 0.6) is 0 Å². The molecule has 0 N–H and O–H groups in total. The molecule has 1 aromatic rings. The van der Waals surface area contributed by atoms with Crippen molar-refractivity contribution in [3.63, 3.8) is 0 Å². The van der Waals surface area contributed by atoms with Crippen LogP contribution in [0.3, 0.4) is 0 Å². The van der Waals surface area contributed by atoms with Crippen LogP contribution in [0, 0.1) is 6.92 Å². The third kappa shape index (κ3) is 6.71. The van der Waals surface area contributed by atoms with Crippen LogP contribution < -0.4 is 0 Å². The van der Waals surface area contributed by atoms with Gasteiger partial charge in [0, 0.05) is 12.7 Å². The average Bonchev–Trinajstić information content (AvgIpc) is 2.49. The Morgan fingerprint density at radius 1 is 1.05 bits per heavy atom. The lowest BCUT2D eigenvalue weighted by Gasteiger charge is -2.28. The molecule has 0 saturated carbocycles. The summed E-state index contributed by atoms with van der Waals surface area (Å²) in [5.41, 5.74) is 0.774. The summed E-state index contributed by atoms with van der Waals surface area (Å²) in [5.74, 6) is 0.00715. The van der Waals surface area contributed by atoms with Crippen LogP contribution in [0.1, 0.15) is 63.9 Å². The second kappa shape index (κ2) is 9.06. The van der Waals surface area contributed by atoms with E-state index in [0.717, 1.165) is 12.0 Å². The first-order valence-electron chi connectivity index (χ1n) is 7.98. The number of methoxy groups -OCH3 is 1. The zero-order chi connectivity index (χ0) is 17.4. The SMILES string of the molecule is CC.COC(C)(C)CCOC(C)(C)C(=O)c1ccc(C)cc1. The van der Waals surface area contributed by atoms with Crippen LogP contribution in [0.2, 0.25) is 0 Å². The first-order valence-corrected chi connectivity index (χ1v) is 7.98. The monoisotopic (exact) mass is 308 g/mol. The highest BCUT2D eigenvalue weighted by atomic mass is 16.5. The van der Waals surface area contributed by atoms with Gasteiger partial charge in [-0.3, -0.25) is 4.79 Å². The minimum atomic E-state index is -0.820. The Hall–Kier alpha value is -1.19. The second-order valence-corrected chi connectivity index (χ2v) is 6.27. The normalized spacial score (nSPS) is 11.6. The molecule has 0 saturated heterocycles. The molecule has 1 rings (SSSR count). The summed E-state index contributed by atoms with van der Waals surface area (Å²) in [6.07, 6.45) is 0.744. The molecule has 0 heterocycles. The van der Waals surface area contributed by atoms with Gasteiger partial charge in [-0.1, -0.05) is 43.7 Å². The van der Waals surface area contributed by atoms with E-state index in [4.69, 9.17) is 9.47 Å². The van der Waals surface area contributed by atoms with Crippen LogP contribution in [0.25, 0.3) is 0 Å². The smallest absolute Gasteiger partial charge is 0.194 e. The summed E-state index contributed by atoms with van der Waals surface area (Å²) in [4.78, 5) is 12.4. The molecule has 126 valence electrons. The van der Waals surface area contributed by atoms with Crippen molar-refractivity contribution in [2.45, 2.75) is 66.1 Å². The Kier molecular flexibility index (Phi) is 8.57. The van der Waals surface area contributed by atoms with E-state index >= 15 is 0 Å². The van der Waals surface area contributed by atoms with Gasteiger partial charge in [0.2, 0.25) is 0 Å². The molecule has 3 nitrogen and oxygen atoms in total. The standard InChI is InChI=1S/C17H26O3.C2H6/c1-13-7-9-14(10-8-13)15(18)17(4,5)20-12-11-16(2,3)19-6;1-2/h7-10H,11-12H2,1-6H3;1-2H3. The predicted octanol–water partition coefficient (Wildman–Crippen LogP) is 4.81. The maximum Gasteiger partial charge on any atom is 0.194 e. The number of hydrogen-bond donors (Lipinski definition) is 0. The molecule has 0 aliphatic carbocycles. The molecule has 0 spiro atoms. The van der Waals surface area contributed by atoms with Crippen molar-refractivity contribution >= 4 is 5.78 Å².